The molecule has 16 heteroatoms. The van der Waals surface area contributed by atoms with E-state index in [0.29, 0.717) is 11.1 Å². The van der Waals surface area contributed by atoms with Gasteiger partial charge in [-0.25, -0.2) is 45.8 Å². The molecule has 0 atom stereocenters. The molecule has 4 N–H and O–H groups in total. The summed E-state index contributed by atoms with van der Waals surface area (Å²) in [5.74, 6) is -0.335. The van der Waals surface area contributed by atoms with Gasteiger partial charge in [0.05, 0.1) is 32.7 Å². The van der Waals surface area contributed by atoms with Gasteiger partial charge in [-0.15, -0.1) is 0 Å². The molecule has 6 rings (SSSR count). The predicted molar refractivity (Wildman–Crippen MR) is 208 cm³/mol. The number of benzene rings is 4. The second kappa shape index (κ2) is 16.4. The van der Waals surface area contributed by atoms with Crippen molar-refractivity contribution in [3.05, 3.63) is 162 Å². The SMILES string of the molecule is Cc1cc(C)cc(S(=O)(=O)c2ccc(NC(=O)N(Cc3cccnc3)N(Cc3ccc(N)nc3)C(=O)Nc3ccc(S(=O)(=O)c4ccc(F)cc4)cc3)cc2)c1. The molecule has 0 aliphatic heterocycles. The Morgan fingerprint density at radius 1 is 0.625 bits per heavy atom. The third kappa shape index (κ3) is 9.17. The monoisotopic (exact) mass is 793 g/mol. The number of halogens is 1. The highest BCUT2D eigenvalue weighted by Gasteiger charge is 2.28. The summed E-state index contributed by atoms with van der Waals surface area (Å²) >= 11 is 0. The van der Waals surface area contributed by atoms with Crippen LogP contribution in [0, 0.1) is 19.7 Å². The zero-order chi connectivity index (χ0) is 40.0. The lowest BCUT2D eigenvalue weighted by Gasteiger charge is -2.35. The third-order valence-corrected chi connectivity index (χ3v) is 12.0. The van der Waals surface area contributed by atoms with Crippen LogP contribution in [0.5, 0.6) is 0 Å². The summed E-state index contributed by atoms with van der Waals surface area (Å²) < 4.78 is 66.6. The van der Waals surface area contributed by atoms with Gasteiger partial charge in [-0.05, 0) is 133 Å². The average Bonchev–Trinajstić information content (AvgIpc) is 3.17. The van der Waals surface area contributed by atoms with Crippen LogP contribution in [-0.4, -0.2) is 48.9 Å². The molecule has 2 heterocycles. The lowest BCUT2D eigenvalue weighted by atomic mass is 10.2. The van der Waals surface area contributed by atoms with E-state index in [1.165, 1.54) is 60.9 Å². The number of rotatable bonds is 10. The van der Waals surface area contributed by atoms with E-state index in [9.17, 15) is 30.8 Å². The summed E-state index contributed by atoms with van der Waals surface area (Å²) in [5, 5.41) is 7.77. The molecule has 0 aliphatic rings. The fraction of sp³-hybridized carbons (Fsp3) is 0.100. The number of nitrogens with zero attached hydrogens (tertiary/aromatic N) is 4. The van der Waals surface area contributed by atoms with Gasteiger partial charge in [0.1, 0.15) is 11.6 Å². The quantitative estimate of drug-likeness (QED) is 0.0956. The number of aromatic nitrogens is 2. The second-order valence-corrected chi connectivity index (χ2v) is 16.7. The lowest BCUT2D eigenvalue weighted by Crippen LogP contribution is -2.52. The van der Waals surface area contributed by atoms with Crippen molar-refractivity contribution >= 4 is 48.9 Å². The molecule has 0 fully saturated rings. The fourth-order valence-electron chi connectivity index (χ4n) is 5.69. The predicted octanol–water partition coefficient (Wildman–Crippen LogP) is 7.16. The number of sulfone groups is 2. The van der Waals surface area contributed by atoms with Crippen molar-refractivity contribution in [3.8, 4) is 0 Å². The number of nitrogens with two attached hydrogens (primary N) is 1. The van der Waals surface area contributed by atoms with Crippen LogP contribution in [0.25, 0.3) is 0 Å². The van der Waals surface area contributed by atoms with E-state index in [4.69, 9.17) is 5.73 Å². The van der Waals surface area contributed by atoms with E-state index < -0.39 is 37.6 Å². The first-order valence-electron chi connectivity index (χ1n) is 17.0. The van der Waals surface area contributed by atoms with Crippen LogP contribution in [0.3, 0.4) is 0 Å². The molecule has 6 aromatic rings. The van der Waals surface area contributed by atoms with Gasteiger partial charge in [0.15, 0.2) is 0 Å². The maximum absolute atomic E-state index is 14.2. The highest BCUT2D eigenvalue weighted by molar-refractivity contribution is 7.91. The van der Waals surface area contributed by atoms with Crippen LogP contribution in [0.2, 0.25) is 0 Å². The van der Waals surface area contributed by atoms with Crippen LogP contribution < -0.4 is 16.4 Å². The minimum atomic E-state index is -3.99. The van der Waals surface area contributed by atoms with Gasteiger partial charge in [0.25, 0.3) is 0 Å². The van der Waals surface area contributed by atoms with Crippen molar-refractivity contribution in [2.75, 3.05) is 16.4 Å². The first kappa shape index (κ1) is 39.1. The van der Waals surface area contributed by atoms with Gasteiger partial charge >= 0.3 is 12.1 Å². The van der Waals surface area contributed by atoms with Gasteiger partial charge in [0.2, 0.25) is 19.7 Å². The van der Waals surface area contributed by atoms with E-state index in [0.717, 1.165) is 45.4 Å². The number of aryl methyl sites for hydroxylation is 2. The molecular formula is C40H36FN7O6S2. The number of amides is 4. The number of hydrazine groups is 1. The van der Waals surface area contributed by atoms with E-state index in [1.807, 2.05) is 19.9 Å². The van der Waals surface area contributed by atoms with Crippen molar-refractivity contribution in [3.63, 3.8) is 0 Å². The Morgan fingerprint density at radius 3 is 1.54 bits per heavy atom. The van der Waals surface area contributed by atoms with Crippen LogP contribution >= 0.6 is 0 Å². The molecule has 0 aliphatic carbocycles. The molecule has 0 bridgehead atoms. The van der Waals surface area contributed by atoms with Crippen molar-refractivity contribution in [1.82, 2.24) is 20.0 Å². The van der Waals surface area contributed by atoms with Gasteiger partial charge in [-0.3, -0.25) is 4.98 Å². The smallest absolute Gasteiger partial charge is 0.341 e. The normalized spacial score (nSPS) is 11.4. The number of carbonyl (C=O) groups is 2. The van der Waals surface area contributed by atoms with Gasteiger partial charge in [-0.1, -0.05) is 18.2 Å². The first-order chi connectivity index (χ1) is 26.7. The summed E-state index contributed by atoms with van der Waals surface area (Å²) in [6, 6.07) is 25.6. The molecule has 0 spiro atoms. The molecule has 0 unspecified atom stereocenters. The van der Waals surface area contributed by atoms with Gasteiger partial charge < -0.3 is 16.4 Å². The Hall–Kier alpha value is -6.65. The number of urea groups is 2. The maximum atomic E-state index is 14.2. The summed E-state index contributed by atoms with van der Waals surface area (Å²) in [6.45, 7) is 3.32. The van der Waals surface area contributed by atoms with Gasteiger partial charge in [-0.2, -0.15) is 0 Å². The van der Waals surface area contributed by atoms with E-state index in [-0.39, 0.29) is 49.9 Å². The van der Waals surface area contributed by atoms with Crippen LogP contribution in [0.4, 0.5) is 31.2 Å². The molecular weight excluding hydrogens is 758 g/mol. The van der Waals surface area contributed by atoms with Crippen LogP contribution in [0.15, 0.2) is 153 Å². The largest absolute Gasteiger partial charge is 0.384 e. The van der Waals surface area contributed by atoms with Crippen molar-refractivity contribution in [2.45, 2.75) is 46.5 Å². The highest BCUT2D eigenvalue weighted by atomic mass is 32.2. The molecule has 0 saturated heterocycles. The number of pyridine rings is 2. The highest BCUT2D eigenvalue weighted by Crippen LogP contribution is 2.26. The Balaban J connectivity index is 1.29. The number of nitrogens with one attached hydrogen (secondary N) is 2. The number of hydrogen-bond donors (Lipinski definition) is 3. The zero-order valence-electron chi connectivity index (χ0n) is 30.1. The molecule has 4 amide bonds. The Morgan fingerprint density at radius 2 is 1.09 bits per heavy atom. The zero-order valence-corrected chi connectivity index (χ0v) is 31.8. The van der Waals surface area contributed by atoms with Crippen molar-refractivity contribution in [2.24, 2.45) is 0 Å². The minimum Gasteiger partial charge on any atom is -0.384 e. The standard InChI is InChI=1S/C40H36FN7O6S2/c1-27-20-28(2)22-37(21-27)56(53,54)36-16-10-33(11-17-36)45-39(49)47(25-29-4-3-19-43-23-29)48(26-30-5-18-38(42)44-24-30)40(50)46-32-8-14-35(15-9-32)55(51,52)34-12-6-31(41)7-13-34/h3-24H,25-26H2,1-2H3,(H2,42,44)(H,45,49)(H,46,50). The molecule has 286 valence electrons. The fourth-order valence-corrected chi connectivity index (χ4v) is 8.39. The number of nitrogen functional groups attached to an aromatic ring is 1. The van der Waals surface area contributed by atoms with E-state index >= 15 is 0 Å². The summed E-state index contributed by atoms with van der Waals surface area (Å²) in [7, 11) is -7.85. The number of carbonyl (C=O) groups excluding carboxylic acids is 2. The van der Waals surface area contributed by atoms with Crippen molar-refractivity contribution in [1.29, 1.82) is 0 Å². The average molecular weight is 794 g/mol. The van der Waals surface area contributed by atoms with E-state index in [2.05, 4.69) is 20.6 Å². The summed E-state index contributed by atoms with van der Waals surface area (Å²) in [4.78, 5) is 36.6. The molecule has 4 aromatic carbocycles. The number of anilines is 3. The number of hydrogen-bond acceptors (Lipinski definition) is 9. The molecule has 0 saturated carbocycles. The summed E-state index contributed by atoms with van der Waals surface area (Å²) in [5.41, 5.74) is 8.94. The Bertz CT molecular complexity index is 2560. The second-order valence-electron chi connectivity index (χ2n) is 12.8. The Kier molecular flexibility index (Phi) is 11.4. The first-order valence-corrected chi connectivity index (χ1v) is 20.0. The lowest BCUT2D eigenvalue weighted by molar-refractivity contribution is 0.0466. The minimum absolute atomic E-state index is 0.0288. The summed E-state index contributed by atoms with van der Waals surface area (Å²) in [6.07, 6.45) is 4.56. The molecule has 2 aromatic heterocycles. The Labute approximate surface area is 323 Å². The molecule has 13 nitrogen and oxygen atoms in total. The molecule has 0 radical (unpaired) electrons. The van der Waals surface area contributed by atoms with Crippen LogP contribution in [-0.2, 0) is 32.8 Å². The van der Waals surface area contributed by atoms with Gasteiger partial charge in [0, 0.05) is 30.0 Å². The topological polar surface area (TPSA) is 185 Å². The third-order valence-electron chi connectivity index (χ3n) is 8.46. The molecule has 56 heavy (non-hydrogen) atoms. The van der Waals surface area contributed by atoms with E-state index in [1.54, 1.807) is 42.6 Å². The van der Waals surface area contributed by atoms with Crippen LogP contribution in [0.1, 0.15) is 22.3 Å². The van der Waals surface area contributed by atoms with Crippen molar-refractivity contribution < 1.29 is 30.8 Å². The maximum Gasteiger partial charge on any atom is 0.341 e.